The summed E-state index contributed by atoms with van der Waals surface area (Å²) in [5.41, 5.74) is 6.54. The van der Waals surface area contributed by atoms with Crippen LogP contribution in [0.1, 0.15) is 19.3 Å². The number of aryl methyl sites for hydroxylation is 1. The number of imidazole rings is 1. The fourth-order valence-corrected chi connectivity index (χ4v) is 5.66. The molecule has 1 amide bonds. The van der Waals surface area contributed by atoms with Crippen molar-refractivity contribution in [2.24, 2.45) is 5.92 Å². The third-order valence-electron chi connectivity index (χ3n) is 6.12. The number of fused-ring (bicyclic) bond motifs is 2. The minimum Gasteiger partial charge on any atom is -0.480 e. The Kier molecular flexibility index (Phi) is 6.32. The first-order valence-corrected chi connectivity index (χ1v) is 12.4. The van der Waals surface area contributed by atoms with Gasteiger partial charge in [-0.1, -0.05) is 0 Å². The predicted molar refractivity (Wildman–Crippen MR) is 127 cm³/mol. The number of halogens is 1. The Bertz CT molecular complexity index is 1270. The largest absolute Gasteiger partial charge is 0.480 e. The number of rotatable bonds is 6. The van der Waals surface area contributed by atoms with Crippen molar-refractivity contribution in [2.75, 3.05) is 19.1 Å². The molecule has 4 heterocycles. The van der Waals surface area contributed by atoms with Crippen LogP contribution in [0, 0.1) is 5.92 Å². The van der Waals surface area contributed by atoms with Crippen LogP contribution in [0.4, 0.5) is 10.6 Å². The molecule has 1 aromatic rings. The molecule has 0 saturated carbocycles. The molecule has 14 heteroatoms. The molecule has 0 aliphatic carbocycles. The van der Waals surface area contributed by atoms with Gasteiger partial charge in [0.05, 0.1) is 6.33 Å². The van der Waals surface area contributed by atoms with E-state index in [0.717, 1.165) is 14.3 Å². The summed E-state index contributed by atoms with van der Waals surface area (Å²) in [6.45, 7) is 0.889. The van der Waals surface area contributed by atoms with Crippen molar-refractivity contribution in [3.63, 3.8) is 0 Å². The first-order chi connectivity index (χ1) is 16.8. The fraction of sp³-hybridized carbons (Fsp3) is 0.381. The number of hydrogen-bond donors (Lipinski definition) is 3. The first-order valence-electron chi connectivity index (χ1n) is 10.8. The minimum atomic E-state index is -1.21. The molecule has 0 spiro atoms. The molecule has 0 radical (unpaired) electrons. The number of nitrogens with two attached hydrogens (primary N) is 1. The van der Waals surface area contributed by atoms with Gasteiger partial charge in [-0.05, 0) is 65.0 Å². The summed E-state index contributed by atoms with van der Waals surface area (Å²) in [7, 11) is 0. The number of carboxylic acid groups (broad SMARTS) is 2. The quantitative estimate of drug-likeness (QED) is 0.402. The number of benzene rings is 1. The highest BCUT2D eigenvalue weighted by molar-refractivity contribution is 9.10. The lowest BCUT2D eigenvalue weighted by atomic mass is 9.88. The molecule has 4 aliphatic heterocycles. The van der Waals surface area contributed by atoms with Crippen molar-refractivity contribution in [1.29, 1.82) is 0 Å². The molecule has 0 unspecified atom stereocenters. The fourth-order valence-electron chi connectivity index (χ4n) is 4.30. The van der Waals surface area contributed by atoms with Gasteiger partial charge in [-0.3, -0.25) is 4.90 Å². The van der Waals surface area contributed by atoms with Crippen LogP contribution >= 0.6 is 27.7 Å². The molecule has 35 heavy (non-hydrogen) atoms. The summed E-state index contributed by atoms with van der Waals surface area (Å²) in [5.74, 6) is 1.08. The molecule has 4 N–H and O–H groups in total. The normalized spacial score (nSPS) is 19.3. The lowest BCUT2D eigenvalue weighted by molar-refractivity contribution is -0.144. The predicted octanol–water partition coefficient (Wildman–Crippen LogP) is 3.24. The number of carboxylic acids is 1. The highest BCUT2D eigenvalue weighted by atomic mass is 79.9. The number of aromatic nitrogens is 4. The first kappa shape index (κ1) is 23.5. The van der Waals surface area contributed by atoms with Crippen LogP contribution in [-0.4, -0.2) is 66.1 Å². The van der Waals surface area contributed by atoms with Crippen LogP contribution < -0.4 is 15.2 Å². The molecule has 5 rings (SSSR count). The number of ether oxygens (including phenoxy) is 2. The highest BCUT2D eigenvalue weighted by Gasteiger charge is 2.36. The van der Waals surface area contributed by atoms with Crippen molar-refractivity contribution in [1.82, 2.24) is 24.4 Å². The van der Waals surface area contributed by atoms with Gasteiger partial charge < -0.3 is 30.0 Å². The smallest absolute Gasteiger partial charge is 0.408 e. The summed E-state index contributed by atoms with van der Waals surface area (Å²) in [4.78, 5) is 38.2. The zero-order chi connectivity index (χ0) is 24.7. The Balaban J connectivity index is 1.33. The lowest BCUT2D eigenvalue weighted by Gasteiger charge is -2.35. The minimum absolute atomic E-state index is 0.0492. The molecule has 0 bridgehead atoms. The number of nitrogen functional groups attached to an aromatic ring is 1. The Morgan fingerprint density at radius 1 is 1.23 bits per heavy atom. The van der Waals surface area contributed by atoms with Gasteiger partial charge in [-0.2, -0.15) is 0 Å². The molecule has 1 aromatic carbocycles. The number of hydrogen-bond acceptors (Lipinski definition) is 9. The van der Waals surface area contributed by atoms with E-state index in [-0.39, 0.29) is 31.5 Å². The van der Waals surface area contributed by atoms with E-state index in [1.165, 1.54) is 11.8 Å². The number of nitrogens with zero attached hydrogens (tertiary/aromatic N) is 5. The van der Waals surface area contributed by atoms with Gasteiger partial charge in [0, 0.05) is 22.5 Å². The summed E-state index contributed by atoms with van der Waals surface area (Å²) in [6.07, 6.45) is 1.89. The molecule has 12 nitrogen and oxygen atoms in total. The standard InChI is InChI=1S/C21H21BrN6O6S/c22-11-6-13-14(34-9-33-13)7-15(11)35-20-25-16-17(23)24-8-27(18(16)26-20)3-1-10-2-4-28(21(31)32)12(5-10)19(29)30/h6-8,10,12H,1-5,9,23H2,(H,29,30)(H,31,32)/t10-,12-/m0/s1. The van der Waals surface area contributed by atoms with E-state index in [0.29, 0.717) is 47.6 Å². The van der Waals surface area contributed by atoms with Gasteiger partial charge in [0.1, 0.15) is 6.04 Å². The van der Waals surface area contributed by atoms with Crippen LogP contribution in [0.15, 0.2) is 33.0 Å². The van der Waals surface area contributed by atoms with Crippen molar-refractivity contribution in [3.05, 3.63) is 22.9 Å². The van der Waals surface area contributed by atoms with E-state index in [2.05, 4.69) is 30.9 Å². The number of aliphatic carboxylic acids is 1. The van der Waals surface area contributed by atoms with Gasteiger partial charge in [-0.15, -0.1) is 0 Å². The summed E-state index contributed by atoms with van der Waals surface area (Å²) in [5, 5.41) is 19.2. The second-order valence-electron chi connectivity index (χ2n) is 8.25. The Morgan fingerprint density at radius 3 is 2.74 bits per heavy atom. The van der Waals surface area contributed by atoms with Crippen LogP contribution in [0.5, 0.6) is 11.5 Å². The van der Waals surface area contributed by atoms with Crippen LogP contribution in [-0.2, 0) is 11.3 Å². The molecule has 0 aromatic heterocycles. The van der Waals surface area contributed by atoms with Crippen molar-refractivity contribution < 1.29 is 29.3 Å². The Hall–Kier alpha value is -3.26. The van der Waals surface area contributed by atoms with Gasteiger partial charge in [0.25, 0.3) is 0 Å². The molecular formula is C21H21BrN6O6S. The maximum absolute atomic E-state index is 11.6. The van der Waals surface area contributed by atoms with Crippen LogP contribution in [0.25, 0.3) is 11.5 Å². The molecule has 2 atom stereocenters. The van der Waals surface area contributed by atoms with Crippen molar-refractivity contribution >= 4 is 45.6 Å². The van der Waals surface area contributed by atoms with E-state index in [4.69, 9.17) is 15.2 Å². The average molecular weight is 565 g/mol. The second kappa shape index (κ2) is 9.41. The van der Waals surface area contributed by atoms with E-state index >= 15 is 0 Å². The number of likely N-dealkylation sites (tertiary alicyclic amines) is 1. The Labute approximate surface area is 211 Å². The molecule has 4 aliphatic rings. The highest BCUT2D eigenvalue weighted by Crippen LogP contribution is 2.43. The summed E-state index contributed by atoms with van der Waals surface area (Å²) >= 11 is 4.89. The monoisotopic (exact) mass is 564 g/mol. The third kappa shape index (κ3) is 4.67. The maximum Gasteiger partial charge on any atom is 0.408 e. The SMILES string of the molecule is Nc1ncn(CC[C@H]2CCN(C(=O)O)[C@H](C(=O)O)C2)c2nc(Sc3cc4c(cc3Br)OCO4)nc1-2. The number of piperidine rings is 1. The molecular weight excluding hydrogens is 544 g/mol. The zero-order valence-corrected chi connectivity index (χ0v) is 20.7. The van der Waals surface area contributed by atoms with Gasteiger partial charge in [-0.25, -0.2) is 24.5 Å². The topological polar surface area (TPSA) is 166 Å². The average Bonchev–Trinajstić information content (AvgIpc) is 3.46. The van der Waals surface area contributed by atoms with Crippen molar-refractivity contribution in [2.45, 2.75) is 41.9 Å². The zero-order valence-electron chi connectivity index (χ0n) is 18.3. The Morgan fingerprint density at radius 2 is 2.00 bits per heavy atom. The number of anilines is 1. The van der Waals surface area contributed by atoms with Gasteiger partial charge >= 0.3 is 12.1 Å². The number of amides is 1. The van der Waals surface area contributed by atoms with Gasteiger partial charge in [0.2, 0.25) is 6.79 Å². The van der Waals surface area contributed by atoms with Crippen LogP contribution in [0.2, 0.25) is 0 Å². The number of carbonyl (C=O) groups is 2. The summed E-state index contributed by atoms with van der Waals surface area (Å²) < 4.78 is 13.5. The van der Waals surface area contributed by atoms with E-state index in [1.54, 1.807) is 6.33 Å². The van der Waals surface area contributed by atoms with E-state index in [9.17, 15) is 19.8 Å². The second-order valence-corrected chi connectivity index (χ2v) is 10.1. The molecule has 184 valence electrons. The molecule has 1 saturated heterocycles. The van der Waals surface area contributed by atoms with Crippen molar-refractivity contribution in [3.8, 4) is 23.0 Å². The lowest BCUT2D eigenvalue weighted by Crippen LogP contribution is -2.49. The maximum atomic E-state index is 11.6. The van der Waals surface area contributed by atoms with Crippen LogP contribution in [0.3, 0.4) is 0 Å². The summed E-state index contributed by atoms with van der Waals surface area (Å²) in [6, 6.07) is 2.65. The van der Waals surface area contributed by atoms with Gasteiger partial charge in [0.15, 0.2) is 34.0 Å². The molecule has 1 fully saturated rings. The van der Waals surface area contributed by atoms with E-state index < -0.39 is 18.1 Å². The third-order valence-corrected chi connectivity index (χ3v) is 7.96. The van der Waals surface area contributed by atoms with E-state index in [1.807, 2.05) is 16.7 Å².